The van der Waals surface area contributed by atoms with Gasteiger partial charge in [0.2, 0.25) is 7.59 Å². The topological polar surface area (TPSA) is 38.7 Å². The maximum atomic E-state index is 5.59. The van der Waals surface area contributed by atoms with E-state index in [0.717, 1.165) is 0 Å². The Labute approximate surface area is 182 Å². The van der Waals surface area contributed by atoms with Crippen molar-refractivity contribution in [3.8, 4) is 0 Å². The van der Waals surface area contributed by atoms with Crippen molar-refractivity contribution < 1.29 is 0 Å². The molecule has 0 fully saturated rings. The number of alkyl halides is 6. The largest absolute Gasteiger partial charge is 0.225 e. The molecule has 0 bridgehead atoms. The van der Waals surface area contributed by atoms with E-state index in [2.05, 4.69) is 15.0 Å². The summed E-state index contributed by atoms with van der Waals surface area (Å²) in [7, 11) is 0. The zero-order valence-corrected chi connectivity index (χ0v) is 17.7. The van der Waals surface area contributed by atoms with Crippen LogP contribution < -0.4 is 0 Å². The van der Waals surface area contributed by atoms with Gasteiger partial charge < -0.3 is 0 Å². The van der Waals surface area contributed by atoms with Gasteiger partial charge in [-0.25, -0.2) is 15.0 Å². The van der Waals surface area contributed by atoms with Crippen molar-refractivity contribution in [3.63, 3.8) is 0 Å². The first kappa shape index (κ1) is 23.2. The molecule has 2 aromatic carbocycles. The molecule has 9 heteroatoms. The second kappa shape index (κ2) is 11.8. The van der Waals surface area contributed by atoms with Crippen molar-refractivity contribution in [2.45, 2.75) is 7.59 Å². The van der Waals surface area contributed by atoms with Crippen LogP contribution in [0.2, 0.25) is 0 Å². The van der Waals surface area contributed by atoms with E-state index in [-0.39, 0.29) is 0 Å². The monoisotopic (exact) mass is 469 g/mol. The zero-order chi connectivity index (χ0) is 19.5. The van der Waals surface area contributed by atoms with Crippen LogP contribution in [0.25, 0.3) is 0 Å². The van der Waals surface area contributed by atoms with Crippen molar-refractivity contribution in [3.05, 3.63) is 90.8 Å². The minimum Gasteiger partial charge on any atom is -0.225 e. The van der Waals surface area contributed by atoms with Gasteiger partial charge in [-0.15, -0.1) is 0 Å². The molecule has 0 saturated carbocycles. The van der Waals surface area contributed by atoms with E-state index in [1.165, 1.54) is 19.0 Å². The van der Waals surface area contributed by atoms with Gasteiger partial charge in [-0.2, -0.15) is 0 Å². The van der Waals surface area contributed by atoms with Crippen molar-refractivity contribution >= 4 is 69.6 Å². The van der Waals surface area contributed by atoms with E-state index in [9.17, 15) is 0 Å². The van der Waals surface area contributed by atoms with Crippen molar-refractivity contribution in [1.29, 1.82) is 0 Å². The molecule has 3 rings (SSSR count). The average Bonchev–Trinajstić information content (AvgIpc) is 2.64. The Morgan fingerprint density at radius 1 is 0.462 bits per heavy atom. The maximum absolute atomic E-state index is 5.59. The van der Waals surface area contributed by atoms with Gasteiger partial charge >= 0.3 is 0 Å². The SMILES string of the molecule is ClC(Cl)(Cl)c1ccccc1.ClC(Cl)(Cl)c1ccccc1.c1ncncn1. The van der Waals surface area contributed by atoms with E-state index in [0.29, 0.717) is 11.1 Å². The number of nitrogens with zero attached hydrogens (tertiary/aromatic N) is 3. The van der Waals surface area contributed by atoms with Crippen molar-refractivity contribution in [2.24, 2.45) is 0 Å². The van der Waals surface area contributed by atoms with Gasteiger partial charge in [-0.1, -0.05) is 130 Å². The van der Waals surface area contributed by atoms with Gasteiger partial charge in [0.25, 0.3) is 0 Å². The minimum atomic E-state index is -1.29. The third-order valence-corrected chi connectivity index (χ3v) is 3.91. The molecule has 1 aromatic heterocycles. The molecule has 0 saturated heterocycles. The minimum absolute atomic E-state index is 0.694. The normalized spacial score (nSPS) is 10.7. The fourth-order valence-corrected chi connectivity index (χ4v) is 2.22. The van der Waals surface area contributed by atoms with Gasteiger partial charge in [0.1, 0.15) is 19.0 Å². The molecule has 0 aliphatic rings. The highest BCUT2D eigenvalue weighted by molar-refractivity contribution is 6.67. The van der Waals surface area contributed by atoms with E-state index < -0.39 is 7.59 Å². The number of rotatable bonds is 0. The molecule has 1 heterocycles. The lowest BCUT2D eigenvalue weighted by atomic mass is 10.2. The van der Waals surface area contributed by atoms with E-state index in [1.54, 1.807) is 24.3 Å². The van der Waals surface area contributed by atoms with Gasteiger partial charge in [-0.05, 0) is 0 Å². The first-order valence-corrected chi connectivity index (χ1v) is 9.27. The molecule has 3 nitrogen and oxygen atoms in total. The Morgan fingerprint density at radius 2 is 0.731 bits per heavy atom. The van der Waals surface area contributed by atoms with Gasteiger partial charge in [0.15, 0.2) is 0 Å². The van der Waals surface area contributed by atoms with Crippen LogP contribution in [-0.2, 0) is 7.59 Å². The second-order valence-electron chi connectivity index (χ2n) is 4.52. The van der Waals surface area contributed by atoms with Crippen LogP contribution in [0.3, 0.4) is 0 Å². The number of benzene rings is 2. The summed E-state index contributed by atoms with van der Waals surface area (Å²) in [6, 6.07) is 18.2. The Morgan fingerprint density at radius 3 is 0.885 bits per heavy atom. The first-order chi connectivity index (χ1) is 12.2. The molecular weight excluding hydrogens is 459 g/mol. The predicted octanol–water partition coefficient (Wildman–Crippen LogP) is 6.90. The lowest BCUT2D eigenvalue weighted by molar-refractivity contribution is 1.05. The fraction of sp³-hybridized carbons (Fsp3) is 0.118. The lowest BCUT2D eigenvalue weighted by Gasteiger charge is -2.09. The summed E-state index contributed by atoms with van der Waals surface area (Å²) < 4.78 is -2.58. The highest BCUT2D eigenvalue weighted by Gasteiger charge is 2.21. The number of hydrogen-bond donors (Lipinski definition) is 0. The first-order valence-electron chi connectivity index (χ1n) is 7.00. The zero-order valence-electron chi connectivity index (χ0n) is 13.1. The van der Waals surface area contributed by atoms with Crippen LogP contribution in [0.5, 0.6) is 0 Å². The summed E-state index contributed by atoms with van der Waals surface area (Å²) in [5, 5.41) is 0. The molecule has 0 spiro atoms. The van der Waals surface area contributed by atoms with Gasteiger partial charge in [0.05, 0.1) is 0 Å². The van der Waals surface area contributed by atoms with Crippen LogP contribution in [0, 0.1) is 0 Å². The Hall–Kier alpha value is -0.810. The van der Waals surface area contributed by atoms with Crippen LogP contribution in [0.15, 0.2) is 79.6 Å². The van der Waals surface area contributed by atoms with Crippen LogP contribution in [0.1, 0.15) is 11.1 Å². The molecule has 3 aromatic rings. The van der Waals surface area contributed by atoms with Gasteiger partial charge in [0, 0.05) is 11.1 Å². The molecule has 0 atom stereocenters. The molecule has 0 radical (unpaired) electrons. The molecule has 0 amide bonds. The molecular formula is C17H13Cl6N3. The highest BCUT2D eigenvalue weighted by atomic mass is 35.6. The van der Waals surface area contributed by atoms with Crippen LogP contribution in [-0.4, -0.2) is 15.0 Å². The predicted molar refractivity (Wildman–Crippen MR) is 111 cm³/mol. The smallest absolute Gasteiger partial charge is 0.216 e. The fourth-order valence-electron chi connectivity index (χ4n) is 1.46. The van der Waals surface area contributed by atoms with E-state index >= 15 is 0 Å². The molecule has 0 unspecified atom stereocenters. The second-order valence-corrected chi connectivity index (χ2v) is 9.08. The molecule has 138 valence electrons. The molecule has 0 aliphatic carbocycles. The lowest BCUT2D eigenvalue weighted by Crippen LogP contribution is -1.98. The maximum Gasteiger partial charge on any atom is 0.216 e. The summed E-state index contributed by atoms with van der Waals surface area (Å²) in [4.78, 5) is 10.7. The summed E-state index contributed by atoms with van der Waals surface area (Å²) in [5.41, 5.74) is 1.39. The Kier molecular flexibility index (Phi) is 10.6. The Bertz CT molecular complexity index is 640. The molecule has 26 heavy (non-hydrogen) atoms. The molecule has 0 N–H and O–H groups in total. The quantitative estimate of drug-likeness (QED) is 0.335. The van der Waals surface area contributed by atoms with E-state index in [4.69, 9.17) is 69.6 Å². The Balaban J connectivity index is 0.000000201. The van der Waals surface area contributed by atoms with Crippen LogP contribution >= 0.6 is 69.6 Å². The van der Waals surface area contributed by atoms with E-state index in [1.807, 2.05) is 36.4 Å². The third-order valence-electron chi connectivity index (χ3n) is 2.60. The van der Waals surface area contributed by atoms with Crippen molar-refractivity contribution in [2.75, 3.05) is 0 Å². The summed E-state index contributed by atoms with van der Waals surface area (Å²) in [6.45, 7) is 0. The summed E-state index contributed by atoms with van der Waals surface area (Å²) in [5.74, 6) is 0. The number of hydrogen-bond acceptors (Lipinski definition) is 3. The van der Waals surface area contributed by atoms with Crippen LogP contribution in [0.4, 0.5) is 0 Å². The average molecular weight is 472 g/mol. The summed E-state index contributed by atoms with van der Waals surface area (Å²) >= 11 is 33.5. The number of aromatic nitrogens is 3. The van der Waals surface area contributed by atoms with Gasteiger partial charge in [-0.3, -0.25) is 0 Å². The third kappa shape index (κ3) is 10.4. The standard InChI is InChI=1S/2C7H5Cl3.C3H3N3/c2*8-7(9,10)6-4-2-1-3-5-6;1-4-2-6-3-5-1/h2*1-5H;1-3H. The van der Waals surface area contributed by atoms with Crippen molar-refractivity contribution in [1.82, 2.24) is 15.0 Å². The molecule has 0 aliphatic heterocycles. The highest BCUT2D eigenvalue weighted by Crippen LogP contribution is 2.38. The summed E-state index contributed by atoms with van der Waals surface area (Å²) in [6.07, 6.45) is 4.31. The number of halogens is 6.